The Morgan fingerprint density at radius 2 is 1.85 bits per heavy atom. The molecule has 2 fully saturated rings. The molecule has 176 valence electrons. The topological polar surface area (TPSA) is 91.6 Å². The van der Waals surface area contributed by atoms with E-state index in [0.29, 0.717) is 29.7 Å². The fourth-order valence-electron chi connectivity index (χ4n) is 4.51. The van der Waals surface area contributed by atoms with E-state index in [4.69, 9.17) is 16.1 Å². The summed E-state index contributed by atoms with van der Waals surface area (Å²) in [6.45, 7) is 2.85. The Labute approximate surface area is 202 Å². The highest BCUT2D eigenvalue weighted by Gasteiger charge is 2.26. The van der Waals surface area contributed by atoms with E-state index in [1.54, 1.807) is 11.0 Å². The van der Waals surface area contributed by atoms with E-state index >= 15 is 0 Å². The van der Waals surface area contributed by atoms with Gasteiger partial charge in [0.2, 0.25) is 23.5 Å². The number of hydrogen-bond acceptors (Lipinski definition) is 6. The van der Waals surface area contributed by atoms with E-state index in [1.165, 1.54) is 0 Å². The molecular weight excluding hydrogens is 454 g/mol. The minimum absolute atomic E-state index is 0.0310. The van der Waals surface area contributed by atoms with E-state index < -0.39 is 0 Å². The molecule has 2 saturated heterocycles. The van der Waals surface area contributed by atoms with Crippen LogP contribution in [0.4, 0.5) is 11.4 Å². The van der Waals surface area contributed by atoms with Gasteiger partial charge in [0.25, 0.3) is 0 Å². The first-order valence-corrected chi connectivity index (χ1v) is 12.0. The van der Waals surface area contributed by atoms with Crippen LogP contribution in [0.25, 0.3) is 11.4 Å². The Morgan fingerprint density at radius 3 is 2.56 bits per heavy atom. The Bertz CT molecular complexity index is 1170. The van der Waals surface area contributed by atoms with E-state index in [1.807, 2.05) is 42.5 Å². The maximum absolute atomic E-state index is 12.8. The number of benzene rings is 2. The summed E-state index contributed by atoms with van der Waals surface area (Å²) in [5, 5.41) is 7.66. The molecule has 0 spiro atoms. The van der Waals surface area contributed by atoms with Crippen LogP contribution in [0.5, 0.6) is 0 Å². The van der Waals surface area contributed by atoms with Crippen molar-refractivity contribution in [3.8, 4) is 11.4 Å². The van der Waals surface area contributed by atoms with Crippen molar-refractivity contribution >= 4 is 34.8 Å². The van der Waals surface area contributed by atoms with Gasteiger partial charge in [-0.3, -0.25) is 14.5 Å². The molecule has 1 N–H and O–H groups in total. The van der Waals surface area contributed by atoms with E-state index in [0.717, 1.165) is 55.8 Å². The van der Waals surface area contributed by atoms with Gasteiger partial charge in [0, 0.05) is 35.8 Å². The highest BCUT2D eigenvalue weighted by Crippen LogP contribution is 2.27. The summed E-state index contributed by atoms with van der Waals surface area (Å²) in [4.78, 5) is 33.2. The van der Waals surface area contributed by atoms with Crippen molar-refractivity contribution in [2.24, 2.45) is 5.92 Å². The number of carbonyl (C=O) groups excluding carboxylic acids is 2. The Balaban J connectivity index is 1.11. The molecular formula is C25H26ClN5O3. The smallest absolute Gasteiger partial charge is 0.241 e. The van der Waals surface area contributed by atoms with Crippen molar-refractivity contribution in [2.75, 3.05) is 29.9 Å². The molecule has 3 aromatic rings. The fraction of sp³-hybridized carbons (Fsp3) is 0.360. The van der Waals surface area contributed by atoms with Gasteiger partial charge >= 0.3 is 0 Å². The van der Waals surface area contributed by atoms with Gasteiger partial charge < -0.3 is 14.7 Å². The third-order valence-electron chi connectivity index (χ3n) is 6.42. The van der Waals surface area contributed by atoms with Crippen LogP contribution < -0.4 is 10.2 Å². The van der Waals surface area contributed by atoms with Crippen LogP contribution >= 0.6 is 11.6 Å². The van der Waals surface area contributed by atoms with Gasteiger partial charge in [0.1, 0.15) is 0 Å². The number of carbonyl (C=O) groups is 2. The van der Waals surface area contributed by atoms with Crippen molar-refractivity contribution in [3.05, 3.63) is 59.4 Å². The van der Waals surface area contributed by atoms with E-state index in [-0.39, 0.29) is 17.7 Å². The van der Waals surface area contributed by atoms with Crippen LogP contribution in [-0.2, 0) is 16.1 Å². The second kappa shape index (κ2) is 9.95. The maximum atomic E-state index is 12.8. The van der Waals surface area contributed by atoms with Gasteiger partial charge in [-0.1, -0.05) is 28.9 Å². The Kier molecular flexibility index (Phi) is 6.60. The molecule has 3 heterocycles. The molecule has 0 atom stereocenters. The van der Waals surface area contributed by atoms with Crippen LogP contribution in [0.1, 0.15) is 31.6 Å². The number of rotatable bonds is 6. The summed E-state index contributed by atoms with van der Waals surface area (Å²) >= 11 is 6.22. The molecule has 0 radical (unpaired) electrons. The summed E-state index contributed by atoms with van der Waals surface area (Å²) in [6, 6.07) is 14.9. The van der Waals surface area contributed by atoms with E-state index in [2.05, 4.69) is 20.4 Å². The molecule has 2 aliphatic rings. The van der Waals surface area contributed by atoms with E-state index in [9.17, 15) is 9.59 Å². The van der Waals surface area contributed by atoms with Gasteiger partial charge in [0.15, 0.2) is 0 Å². The summed E-state index contributed by atoms with van der Waals surface area (Å²) in [7, 11) is 0. The van der Waals surface area contributed by atoms with Crippen molar-refractivity contribution in [2.45, 2.75) is 32.2 Å². The van der Waals surface area contributed by atoms with Gasteiger partial charge in [0.05, 0.1) is 11.6 Å². The summed E-state index contributed by atoms with van der Waals surface area (Å²) in [6.07, 6.45) is 3.02. The van der Waals surface area contributed by atoms with Gasteiger partial charge in [-0.15, -0.1) is 0 Å². The van der Waals surface area contributed by atoms with Crippen molar-refractivity contribution < 1.29 is 14.1 Å². The maximum Gasteiger partial charge on any atom is 0.241 e. The number of aromatic nitrogens is 2. The molecule has 0 saturated carbocycles. The first-order chi connectivity index (χ1) is 16.6. The first kappa shape index (κ1) is 22.6. The monoisotopic (exact) mass is 479 g/mol. The third kappa shape index (κ3) is 4.98. The zero-order chi connectivity index (χ0) is 23.5. The number of likely N-dealkylation sites (tertiary alicyclic amines) is 1. The Hall–Kier alpha value is -3.23. The quantitative estimate of drug-likeness (QED) is 0.564. The Morgan fingerprint density at radius 1 is 1.09 bits per heavy atom. The van der Waals surface area contributed by atoms with Gasteiger partial charge in [-0.25, -0.2) is 0 Å². The first-order valence-electron chi connectivity index (χ1n) is 11.6. The molecule has 8 nitrogen and oxygen atoms in total. The predicted octanol–water partition coefficient (Wildman–Crippen LogP) is 4.37. The van der Waals surface area contributed by atoms with Crippen LogP contribution in [-0.4, -0.2) is 46.5 Å². The van der Waals surface area contributed by atoms with Crippen molar-refractivity contribution in [1.82, 2.24) is 15.0 Å². The number of amides is 2. The largest absolute Gasteiger partial charge is 0.338 e. The number of piperidine rings is 1. The lowest BCUT2D eigenvalue weighted by Gasteiger charge is -2.30. The van der Waals surface area contributed by atoms with Crippen molar-refractivity contribution in [3.63, 3.8) is 0 Å². The number of hydrogen-bond donors (Lipinski definition) is 1. The molecule has 1 aromatic heterocycles. The number of nitrogens with one attached hydrogen (secondary N) is 1. The SMILES string of the molecule is O=C(Nc1ccc(N2CCCC2=O)cc1)C1CCN(Cc2nc(-c3ccccc3Cl)no2)CC1. The lowest BCUT2D eigenvalue weighted by atomic mass is 9.96. The predicted molar refractivity (Wildman–Crippen MR) is 129 cm³/mol. The summed E-state index contributed by atoms with van der Waals surface area (Å²) in [5.74, 6) is 1.16. The van der Waals surface area contributed by atoms with Crippen LogP contribution in [0.15, 0.2) is 53.1 Å². The lowest BCUT2D eigenvalue weighted by Crippen LogP contribution is -2.37. The van der Waals surface area contributed by atoms with Crippen molar-refractivity contribution in [1.29, 1.82) is 0 Å². The molecule has 2 amide bonds. The summed E-state index contributed by atoms with van der Waals surface area (Å²) in [5.41, 5.74) is 2.38. The second-order valence-electron chi connectivity index (χ2n) is 8.73. The highest BCUT2D eigenvalue weighted by atomic mass is 35.5. The standard InChI is InChI=1S/C25H26ClN5O3/c26-21-5-2-1-4-20(21)24-28-22(34-29-24)16-30-14-11-17(12-15-30)25(33)27-18-7-9-19(10-8-18)31-13-3-6-23(31)32/h1-2,4-5,7-10,17H,3,6,11-16H2,(H,27,33). The molecule has 0 bridgehead atoms. The highest BCUT2D eigenvalue weighted by molar-refractivity contribution is 6.33. The number of halogens is 1. The fourth-order valence-corrected chi connectivity index (χ4v) is 4.73. The lowest BCUT2D eigenvalue weighted by molar-refractivity contribution is -0.121. The van der Waals surface area contributed by atoms with Gasteiger partial charge in [-0.2, -0.15) is 4.98 Å². The average molecular weight is 480 g/mol. The van der Waals surface area contributed by atoms with Crippen LogP contribution in [0, 0.1) is 5.92 Å². The molecule has 2 aliphatic heterocycles. The molecule has 34 heavy (non-hydrogen) atoms. The van der Waals surface area contributed by atoms with Crippen LogP contribution in [0.3, 0.4) is 0 Å². The summed E-state index contributed by atoms with van der Waals surface area (Å²) < 4.78 is 5.42. The zero-order valence-electron chi connectivity index (χ0n) is 18.7. The number of anilines is 2. The minimum Gasteiger partial charge on any atom is -0.338 e. The molecule has 5 rings (SSSR count). The molecule has 0 aliphatic carbocycles. The second-order valence-corrected chi connectivity index (χ2v) is 9.13. The molecule has 9 heteroatoms. The third-order valence-corrected chi connectivity index (χ3v) is 6.75. The minimum atomic E-state index is -0.0440. The normalized spacial score (nSPS) is 17.3. The molecule has 2 aromatic carbocycles. The molecule has 0 unspecified atom stereocenters. The van der Waals surface area contributed by atoms with Crippen LogP contribution in [0.2, 0.25) is 5.02 Å². The number of nitrogens with zero attached hydrogens (tertiary/aromatic N) is 4. The average Bonchev–Trinajstić information content (AvgIpc) is 3.49. The van der Waals surface area contributed by atoms with Gasteiger partial charge in [-0.05, 0) is 68.8 Å². The zero-order valence-corrected chi connectivity index (χ0v) is 19.5.